The van der Waals surface area contributed by atoms with Gasteiger partial charge in [0.1, 0.15) is 0 Å². The Bertz CT molecular complexity index is 1150. The zero-order valence-corrected chi connectivity index (χ0v) is 17.6. The van der Waals surface area contributed by atoms with E-state index in [4.69, 9.17) is 9.47 Å². The van der Waals surface area contributed by atoms with Crippen LogP contribution >= 0.6 is 0 Å². The number of H-pyrrole nitrogens is 1. The van der Waals surface area contributed by atoms with Gasteiger partial charge in [-0.05, 0) is 61.9 Å². The predicted molar refractivity (Wildman–Crippen MR) is 117 cm³/mol. The van der Waals surface area contributed by atoms with E-state index >= 15 is 0 Å². The summed E-state index contributed by atoms with van der Waals surface area (Å²) in [6.07, 6.45) is 4.74. The van der Waals surface area contributed by atoms with Crippen molar-refractivity contribution >= 4 is 22.5 Å². The number of nitro groups is 1. The fourth-order valence-electron chi connectivity index (χ4n) is 4.24. The molecule has 2 N–H and O–H groups in total. The van der Waals surface area contributed by atoms with Gasteiger partial charge < -0.3 is 19.8 Å². The van der Waals surface area contributed by atoms with E-state index in [0.717, 1.165) is 23.7 Å². The van der Waals surface area contributed by atoms with Crippen LogP contribution in [0.2, 0.25) is 0 Å². The van der Waals surface area contributed by atoms with Gasteiger partial charge in [-0.25, -0.2) is 0 Å². The molecule has 0 atom stereocenters. The van der Waals surface area contributed by atoms with Gasteiger partial charge in [0.2, 0.25) is 0 Å². The smallest absolute Gasteiger partial charge is 0.276 e. The lowest BCUT2D eigenvalue weighted by Gasteiger charge is -2.11. The molecule has 0 fully saturated rings. The highest BCUT2D eigenvalue weighted by Gasteiger charge is 2.20. The summed E-state index contributed by atoms with van der Waals surface area (Å²) in [5, 5.41) is 15.4. The first-order chi connectivity index (χ1) is 15.0. The number of carbonyl (C=O) groups is 1. The molecule has 1 heterocycles. The third-order valence-corrected chi connectivity index (χ3v) is 5.82. The maximum atomic E-state index is 12.7. The molecule has 1 aliphatic rings. The van der Waals surface area contributed by atoms with Gasteiger partial charge in [0.05, 0.1) is 25.2 Å². The molecule has 31 heavy (non-hydrogen) atoms. The zero-order valence-electron chi connectivity index (χ0n) is 17.6. The number of aromatic nitrogens is 1. The Morgan fingerprint density at radius 2 is 1.87 bits per heavy atom. The highest BCUT2D eigenvalue weighted by molar-refractivity contribution is 5.99. The Balaban J connectivity index is 1.49. The van der Waals surface area contributed by atoms with E-state index in [1.54, 1.807) is 12.1 Å². The lowest BCUT2D eigenvalue weighted by atomic mass is 9.95. The Morgan fingerprint density at radius 3 is 2.61 bits per heavy atom. The molecule has 8 nitrogen and oxygen atoms in total. The third kappa shape index (κ3) is 4.05. The molecule has 0 radical (unpaired) electrons. The zero-order chi connectivity index (χ0) is 22.0. The van der Waals surface area contributed by atoms with E-state index in [9.17, 15) is 14.9 Å². The minimum atomic E-state index is -0.456. The van der Waals surface area contributed by atoms with Gasteiger partial charge in [-0.1, -0.05) is 0 Å². The summed E-state index contributed by atoms with van der Waals surface area (Å²) in [5.41, 5.74) is 4.65. The maximum Gasteiger partial charge on any atom is 0.276 e. The molecule has 1 aromatic heterocycles. The van der Waals surface area contributed by atoms with E-state index in [2.05, 4.69) is 10.3 Å². The standard InChI is InChI=1S/C23H25N3O5/c1-30-21-12-14(20(26(28)29)13-22(21)31-2)9-10-24-23(27)15-7-8-19-17(11-15)16-5-3-4-6-18(16)25-19/h7-8,11-13,25H,3-6,9-10H2,1-2H3,(H,24,27). The largest absolute Gasteiger partial charge is 0.493 e. The highest BCUT2D eigenvalue weighted by atomic mass is 16.6. The van der Waals surface area contributed by atoms with Gasteiger partial charge in [-0.15, -0.1) is 0 Å². The molecule has 0 unspecified atom stereocenters. The lowest BCUT2D eigenvalue weighted by Crippen LogP contribution is -2.25. The van der Waals surface area contributed by atoms with Crippen molar-refractivity contribution in [2.24, 2.45) is 0 Å². The molecular weight excluding hydrogens is 398 g/mol. The number of carbonyl (C=O) groups excluding carboxylic acids is 1. The van der Waals surface area contributed by atoms with Crippen LogP contribution < -0.4 is 14.8 Å². The molecule has 4 rings (SSSR count). The molecular formula is C23H25N3O5. The van der Waals surface area contributed by atoms with Crippen molar-refractivity contribution in [2.45, 2.75) is 32.1 Å². The van der Waals surface area contributed by atoms with Crippen LogP contribution in [0.15, 0.2) is 30.3 Å². The number of nitrogens with one attached hydrogen (secondary N) is 2. The summed E-state index contributed by atoms with van der Waals surface area (Å²) >= 11 is 0. The average molecular weight is 423 g/mol. The summed E-state index contributed by atoms with van der Waals surface area (Å²) in [6, 6.07) is 8.62. The van der Waals surface area contributed by atoms with Gasteiger partial charge in [0.15, 0.2) is 11.5 Å². The Kier molecular flexibility index (Phi) is 5.79. The number of nitro benzene ring substituents is 1. The number of benzene rings is 2. The fourth-order valence-corrected chi connectivity index (χ4v) is 4.24. The number of hydrogen-bond donors (Lipinski definition) is 2. The monoisotopic (exact) mass is 423 g/mol. The van der Waals surface area contributed by atoms with Crippen molar-refractivity contribution in [2.75, 3.05) is 20.8 Å². The predicted octanol–water partition coefficient (Wildman–Crippen LogP) is 3.94. The number of hydrogen-bond acceptors (Lipinski definition) is 5. The molecule has 0 saturated carbocycles. The van der Waals surface area contributed by atoms with Gasteiger partial charge in [-0.3, -0.25) is 14.9 Å². The number of aryl methyl sites for hydroxylation is 2. The third-order valence-electron chi connectivity index (χ3n) is 5.82. The van der Waals surface area contributed by atoms with E-state index in [0.29, 0.717) is 29.0 Å². The van der Waals surface area contributed by atoms with E-state index in [-0.39, 0.29) is 18.1 Å². The molecule has 3 aromatic rings. The van der Waals surface area contributed by atoms with E-state index in [1.807, 2.05) is 12.1 Å². The quantitative estimate of drug-likeness (QED) is 0.442. The van der Waals surface area contributed by atoms with E-state index < -0.39 is 4.92 Å². The Labute approximate surface area is 179 Å². The number of amides is 1. The van der Waals surface area contributed by atoms with Crippen molar-refractivity contribution in [3.8, 4) is 11.5 Å². The molecule has 8 heteroatoms. The molecule has 1 amide bonds. The van der Waals surface area contributed by atoms with Gasteiger partial charge in [-0.2, -0.15) is 0 Å². The minimum absolute atomic E-state index is 0.0627. The maximum absolute atomic E-state index is 12.7. The summed E-state index contributed by atoms with van der Waals surface area (Å²) in [7, 11) is 2.91. The van der Waals surface area contributed by atoms with Crippen molar-refractivity contribution in [3.05, 3.63) is 62.8 Å². The molecule has 0 saturated heterocycles. The SMILES string of the molecule is COc1cc(CCNC(=O)c2ccc3[nH]c4c(c3c2)CCCC4)c([N+](=O)[O-])cc1OC. The summed E-state index contributed by atoms with van der Waals surface area (Å²) in [5.74, 6) is 0.512. The number of rotatable bonds is 7. The molecule has 0 bridgehead atoms. The number of ether oxygens (including phenoxy) is 2. The lowest BCUT2D eigenvalue weighted by molar-refractivity contribution is -0.385. The molecule has 162 valence electrons. The Hall–Kier alpha value is -3.55. The van der Waals surface area contributed by atoms with Crippen LogP contribution in [0.4, 0.5) is 5.69 Å². The second-order valence-electron chi connectivity index (χ2n) is 7.65. The Morgan fingerprint density at radius 1 is 1.13 bits per heavy atom. The second kappa shape index (κ2) is 8.67. The van der Waals surface area contributed by atoms with Crippen LogP contribution in [0.25, 0.3) is 10.9 Å². The summed E-state index contributed by atoms with van der Waals surface area (Å²) in [4.78, 5) is 27.2. The first kappa shape index (κ1) is 20.7. The molecule has 2 aromatic carbocycles. The number of fused-ring (bicyclic) bond motifs is 3. The molecule has 1 aliphatic carbocycles. The summed E-state index contributed by atoms with van der Waals surface area (Å²) < 4.78 is 10.4. The van der Waals surface area contributed by atoms with Gasteiger partial charge >= 0.3 is 0 Å². The van der Waals surface area contributed by atoms with Crippen LogP contribution in [0.1, 0.15) is 40.0 Å². The van der Waals surface area contributed by atoms with Gasteiger partial charge in [0.25, 0.3) is 11.6 Å². The van der Waals surface area contributed by atoms with Crippen LogP contribution in [0, 0.1) is 10.1 Å². The normalized spacial score (nSPS) is 13.0. The summed E-state index contributed by atoms with van der Waals surface area (Å²) in [6.45, 7) is 0.262. The average Bonchev–Trinajstić information content (AvgIpc) is 3.16. The van der Waals surface area contributed by atoms with Crippen LogP contribution in [-0.2, 0) is 19.3 Å². The van der Waals surface area contributed by atoms with E-state index in [1.165, 1.54) is 44.4 Å². The van der Waals surface area contributed by atoms with Crippen LogP contribution in [0.5, 0.6) is 11.5 Å². The molecule has 0 aliphatic heterocycles. The number of aromatic amines is 1. The number of nitrogens with zero attached hydrogens (tertiary/aromatic N) is 1. The topological polar surface area (TPSA) is 106 Å². The number of methoxy groups -OCH3 is 2. The van der Waals surface area contributed by atoms with Gasteiger partial charge in [0, 0.05) is 34.3 Å². The minimum Gasteiger partial charge on any atom is -0.493 e. The van der Waals surface area contributed by atoms with Crippen LogP contribution in [0.3, 0.4) is 0 Å². The fraction of sp³-hybridized carbons (Fsp3) is 0.348. The first-order valence-electron chi connectivity index (χ1n) is 10.3. The van der Waals surface area contributed by atoms with Crippen molar-refractivity contribution in [3.63, 3.8) is 0 Å². The van der Waals surface area contributed by atoms with Crippen molar-refractivity contribution in [1.82, 2.24) is 10.3 Å². The van der Waals surface area contributed by atoms with Crippen LogP contribution in [-0.4, -0.2) is 36.6 Å². The second-order valence-corrected chi connectivity index (χ2v) is 7.65. The van der Waals surface area contributed by atoms with Crippen molar-refractivity contribution in [1.29, 1.82) is 0 Å². The first-order valence-corrected chi connectivity index (χ1v) is 10.3. The molecule has 0 spiro atoms. The highest BCUT2D eigenvalue weighted by Crippen LogP contribution is 2.34. The van der Waals surface area contributed by atoms with Crippen molar-refractivity contribution < 1.29 is 19.2 Å².